The van der Waals surface area contributed by atoms with Gasteiger partial charge in [-0.25, -0.2) is 9.37 Å². The number of halogens is 1. The van der Waals surface area contributed by atoms with Crippen molar-refractivity contribution in [2.45, 2.75) is 50.0 Å². The molecule has 1 spiro atoms. The van der Waals surface area contributed by atoms with E-state index in [1.807, 2.05) is 10.6 Å². The van der Waals surface area contributed by atoms with Gasteiger partial charge in [0.2, 0.25) is 0 Å². The van der Waals surface area contributed by atoms with Crippen LogP contribution < -0.4 is 0 Å². The highest BCUT2D eigenvalue weighted by molar-refractivity contribution is 5.69. The number of aliphatic hydroxyl groups is 1. The Hall–Kier alpha value is -1.76. The van der Waals surface area contributed by atoms with E-state index in [2.05, 4.69) is 4.98 Å². The molecular weight excluding hydrogens is 335 g/mol. The molecule has 0 amide bonds. The van der Waals surface area contributed by atoms with Crippen LogP contribution in [0.4, 0.5) is 4.39 Å². The summed E-state index contributed by atoms with van der Waals surface area (Å²) in [5, 5.41) is 10.9. The third-order valence-electron chi connectivity index (χ3n) is 6.28. The number of benzene rings is 1. The summed E-state index contributed by atoms with van der Waals surface area (Å²) in [6.07, 6.45) is 6.90. The lowest BCUT2D eigenvalue weighted by Crippen LogP contribution is -2.38. The van der Waals surface area contributed by atoms with Crippen molar-refractivity contribution >= 4 is 0 Å². The quantitative estimate of drug-likeness (QED) is 0.910. The molecule has 2 fully saturated rings. The molecule has 140 valence electrons. The van der Waals surface area contributed by atoms with E-state index in [0.717, 1.165) is 36.9 Å². The van der Waals surface area contributed by atoms with Gasteiger partial charge in [0.05, 0.1) is 43.6 Å². The number of nitrogens with zero attached hydrogens (tertiary/aromatic N) is 2. The zero-order chi connectivity index (χ0) is 17.7. The lowest BCUT2D eigenvalue weighted by Gasteiger charge is -2.37. The molecule has 2 aromatic rings. The third kappa shape index (κ3) is 2.51. The van der Waals surface area contributed by atoms with E-state index in [-0.39, 0.29) is 19.2 Å². The number of fused-ring (bicyclic) bond motifs is 3. The lowest BCUT2D eigenvalue weighted by molar-refractivity contribution is -0.187. The highest BCUT2D eigenvalue weighted by Gasteiger charge is 2.42. The first-order chi connectivity index (χ1) is 12.7. The summed E-state index contributed by atoms with van der Waals surface area (Å²) in [5.41, 5.74) is 2.49. The van der Waals surface area contributed by atoms with E-state index in [4.69, 9.17) is 9.47 Å². The number of aromatic nitrogens is 2. The highest BCUT2D eigenvalue weighted by atomic mass is 19.1. The molecule has 3 aliphatic rings. The standard InChI is InChI=1S/C20H23FN2O3.H2/c21-15-3-1-2-14-17-11-22-12-23(17)16(19(14)15)10-18(24)13-4-6-20(7-5-13)25-8-9-26-20;/h1-3,11-13,16,18,24H,4-10H2;1H. The van der Waals surface area contributed by atoms with Gasteiger partial charge in [-0.15, -0.1) is 0 Å². The van der Waals surface area contributed by atoms with Gasteiger partial charge in [0.25, 0.3) is 0 Å². The Labute approximate surface area is 153 Å². The number of hydrogen-bond donors (Lipinski definition) is 1. The Morgan fingerprint density at radius 2 is 2.08 bits per heavy atom. The van der Waals surface area contributed by atoms with E-state index in [1.54, 1.807) is 18.6 Å². The van der Waals surface area contributed by atoms with E-state index < -0.39 is 11.9 Å². The third-order valence-corrected chi connectivity index (χ3v) is 6.28. The van der Waals surface area contributed by atoms with Gasteiger partial charge < -0.3 is 19.1 Å². The minimum absolute atomic E-state index is 0. The first-order valence-corrected chi connectivity index (χ1v) is 9.43. The molecule has 5 rings (SSSR count). The maximum absolute atomic E-state index is 14.5. The number of imidazole rings is 1. The maximum atomic E-state index is 14.5. The summed E-state index contributed by atoms with van der Waals surface area (Å²) in [5.74, 6) is -0.435. The summed E-state index contributed by atoms with van der Waals surface area (Å²) >= 11 is 0. The molecule has 5 nitrogen and oxygen atoms in total. The van der Waals surface area contributed by atoms with E-state index >= 15 is 0 Å². The monoisotopic (exact) mass is 360 g/mol. The average Bonchev–Trinajstić information content (AvgIpc) is 3.35. The second-order valence-electron chi connectivity index (χ2n) is 7.65. The molecule has 1 aromatic heterocycles. The molecule has 6 heteroatoms. The van der Waals surface area contributed by atoms with Crippen molar-refractivity contribution in [1.29, 1.82) is 0 Å². The first kappa shape index (κ1) is 16.4. The van der Waals surface area contributed by atoms with Crippen molar-refractivity contribution < 1.29 is 20.4 Å². The van der Waals surface area contributed by atoms with Gasteiger partial charge >= 0.3 is 0 Å². The fourth-order valence-corrected chi connectivity index (χ4v) is 4.90. The number of ether oxygens (including phenoxy) is 2. The smallest absolute Gasteiger partial charge is 0.168 e. The molecule has 26 heavy (non-hydrogen) atoms. The molecule has 1 aliphatic carbocycles. The molecule has 1 aromatic carbocycles. The van der Waals surface area contributed by atoms with Crippen molar-refractivity contribution in [2.75, 3.05) is 13.2 Å². The normalized spacial score (nSPS) is 25.4. The number of hydrogen-bond acceptors (Lipinski definition) is 4. The summed E-state index contributed by atoms with van der Waals surface area (Å²) in [4.78, 5) is 4.22. The Morgan fingerprint density at radius 1 is 1.31 bits per heavy atom. The fourth-order valence-electron chi connectivity index (χ4n) is 4.90. The number of aliphatic hydroxyl groups excluding tert-OH is 1. The van der Waals surface area contributed by atoms with Crippen LogP contribution in [0.2, 0.25) is 0 Å². The molecule has 1 saturated carbocycles. The Bertz CT molecular complexity index is 811. The molecule has 1 saturated heterocycles. The maximum Gasteiger partial charge on any atom is 0.168 e. The van der Waals surface area contributed by atoms with Crippen LogP contribution in [0.15, 0.2) is 30.7 Å². The van der Waals surface area contributed by atoms with E-state index in [0.29, 0.717) is 25.2 Å². The Balaban J connectivity index is 0.00000180. The van der Waals surface area contributed by atoms with Crippen LogP contribution >= 0.6 is 0 Å². The zero-order valence-electron chi connectivity index (χ0n) is 14.6. The van der Waals surface area contributed by atoms with Crippen LogP contribution in [0.1, 0.15) is 45.1 Å². The van der Waals surface area contributed by atoms with Gasteiger partial charge in [0.15, 0.2) is 5.79 Å². The van der Waals surface area contributed by atoms with Crippen LogP contribution in [0, 0.1) is 11.7 Å². The van der Waals surface area contributed by atoms with Crippen LogP contribution in [-0.4, -0.2) is 39.8 Å². The predicted octanol–water partition coefficient (Wildman–Crippen LogP) is 3.52. The van der Waals surface area contributed by atoms with Crippen molar-refractivity contribution in [3.05, 3.63) is 42.1 Å². The van der Waals surface area contributed by atoms with Crippen LogP contribution in [0.5, 0.6) is 0 Å². The molecule has 0 radical (unpaired) electrons. The van der Waals surface area contributed by atoms with Gasteiger partial charge in [0, 0.05) is 25.4 Å². The molecular formula is C20H25FN2O3. The van der Waals surface area contributed by atoms with Crippen LogP contribution in [0.25, 0.3) is 11.3 Å². The number of rotatable bonds is 3. The molecule has 0 bridgehead atoms. The first-order valence-electron chi connectivity index (χ1n) is 9.43. The second-order valence-corrected chi connectivity index (χ2v) is 7.65. The molecule has 1 N–H and O–H groups in total. The predicted molar refractivity (Wildman–Crippen MR) is 95.1 cm³/mol. The van der Waals surface area contributed by atoms with E-state index in [9.17, 15) is 9.50 Å². The van der Waals surface area contributed by atoms with E-state index in [1.165, 1.54) is 6.07 Å². The topological polar surface area (TPSA) is 56.5 Å². The van der Waals surface area contributed by atoms with Gasteiger partial charge in [-0.05, 0) is 31.2 Å². The lowest BCUT2D eigenvalue weighted by atomic mass is 9.79. The minimum Gasteiger partial charge on any atom is -0.393 e. The SMILES string of the molecule is OC(CC1c2c(F)cccc2-c2cncn21)C1CCC2(CC1)OCCO2.[HH]. The highest BCUT2D eigenvalue weighted by Crippen LogP contribution is 2.45. The molecule has 3 heterocycles. The summed E-state index contributed by atoms with van der Waals surface area (Å²) in [6.45, 7) is 1.32. The summed E-state index contributed by atoms with van der Waals surface area (Å²) in [6, 6.07) is 4.95. The van der Waals surface area contributed by atoms with Crippen LogP contribution in [-0.2, 0) is 9.47 Å². The second kappa shape index (κ2) is 6.15. The van der Waals surface area contributed by atoms with Gasteiger partial charge in [-0.3, -0.25) is 0 Å². The zero-order valence-corrected chi connectivity index (χ0v) is 14.6. The Kier molecular flexibility index (Phi) is 3.88. The summed E-state index contributed by atoms with van der Waals surface area (Å²) in [7, 11) is 0. The molecule has 2 aliphatic heterocycles. The fraction of sp³-hybridized carbons (Fsp3) is 0.550. The average molecular weight is 360 g/mol. The van der Waals surface area contributed by atoms with Gasteiger partial charge in [-0.1, -0.05) is 12.1 Å². The molecule has 2 atom stereocenters. The van der Waals surface area contributed by atoms with Crippen molar-refractivity contribution in [3.8, 4) is 11.3 Å². The van der Waals surface area contributed by atoms with Crippen molar-refractivity contribution in [2.24, 2.45) is 5.92 Å². The Morgan fingerprint density at radius 3 is 2.85 bits per heavy atom. The van der Waals surface area contributed by atoms with Gasteiger partial charge in [0.1, 0.15) is 5.82 Å². The van der Waals surface area contributed by atoms with Crippen molar-refractivity contribution in [3.63, 3.8) is 0 Å². The molecule has 2 unspecified atom stereocenters. The van der Waals surface area contributed by atoms with Gasteiger partial charge in [-0.2, -0.15) is 0 Å². The van der Waals surface area contributed by atoms with Crippen molar-refractivity contribution in [1.82, 2.24) is 9.55 Å². The van der Waals surface area contributed by atoms with Crippen LogP contribution in [0.3, 0.4) is 0 Å². The minimum atomic E-state index is -0.487. The largest absolute Gasteiger partial charge is 0.393 e. The summed E-state index contributed by atoms with van der Waals surface area (Å²) < 4.78 is 28.1.